The highest BCUT2D eigenvalue weighted by atomic mass is 79.9. The lowest BCUT2D eigenvalue weighted by Gasteiger charge is -2.19. The van der Waals surface area contributed by atoms with E-state index in [2.05, 4.69) is 26.7 Å². The van der Waals surface area contributed by atoms with Gasteiger partial charge in [0, 0.05) is 30.5 Å². The zero-order valence-electron chi connectivity index (χ0n) is 11.0. The van der Waals surface area contributed by atoms with Crippen molar-refractivity contribution < 1.29 is 13.9 Å². The second-order valence-electron chi connectivity index (χ2n) is 4.84. The van der Waals surface area contributed by atoms with E-state index in [9.17, 15) is 9.18 Å². The van der Waals surface area contributed by atoms with E-state index in [1.54, 1.807) is 12.1 Å². The quantitative estimate of drug-likeness (QED) is 0.793. The number of nitrogens with zero attached hydrogens (tertiary/aromatic N) is 2. The fraction of sp³-hybridized carbons (Fsp3) is 0.429. The van der Waals surface area contributed by atoms with E-state index >= 15 is 0 Å². The van der Waals surface area contributed by atoms with Gasteiger partial charge in [-0.2, -0.15) is 5.26 Å². The molecular formula is C14H14BrFN2O2. The predicted molar refractivity (Wildman–Crippen MR) is 74.6 cm³/mol. The van der Waals surface area contributed by atoms with Gasteiger partial charge in [-0.25, -0.2) is 9.18 Å². The second kappa shape index (κ2) is 5.90. The minimum absolute atomic E-state index is 0.0338. The summed E-state index contributed by atoms with van der Waals surface area (Å²) in [6.07, 6.45) is 0.146. The van der Waals surface area contributed by atoms with Crippen LogP contribution in [0.1, 0.15) is 17.5 Å². The zero-order valence-corrected chi connectivity index (χ0v) is 12.6. The molecule has 0 bridgehead atoms. The van der Waals surface area contributed by atoms with E-state index in [4.69, 9.17) is 5.26 Å². The molecule has 0 N–H and O–H groups in total. The molecule has 0 unspecified atom stereocenters. The van der Waals surface area contributed by atoms with Crippen molar-refractivity contribution in [3.05, 3.63) is 33.8 Å². The summed E-state index contributed by atoms with van der Waals surface area (Å²) < 4.78 is 19.6. The number of carbonyl (C=O) groups is 1. The van der Waals surface area contributed by atoms with Crippen LogP contribution in [0.2, 0.25) is 0 Å². The van der Waals surface area contributed by atoms with E-state index in [1.165, 1.54) is 7.11 Å². The van der Waals surface area contributed by atoms with Crippen LogP contribution < -0.4 is 0 Å². The molecule has 1 aromatic rings. The SMILES string of the molecule is COC(=O)[C@@]1(F)CCN(Cc2ccc(C#N)cc2Br)C1. The smallest absolute Gasteiger partial charge is 0.345 e. The van der Waals surface area contributed by atoms with Crippen molar-refractivity contribution in [1.82, 2.24) is 4.90 Å². The highest BCUT2D eigenvalue weighted by molar-refractivity contribution is 9.10. The summed E-state index contributed by atoms with van der Waals surface area (Å²) in [5.41, 5.74) is -0.386. The number of likely N-dealkylation sites (tertiary alicyclic amines) is 1. The normalized spacial score (nSPS) is 22.5. The molecule has 1 aliphatic heterocycles. The third-order valence-electron chi connectivity index (χ3n) is 3.43. The summed E-state index contributed by atoms with van der Waals surface area (Å²) >= 11 is 3.40. The van der Waals surface area contributed by atoms with Crippen molar-refractivity contribution in [3.63, 3.8) is 0 Å². The highest BCUT2D eigenvalue weighted by Crippen LogP contribution is 2.29. The van der Waals surface area contributed by atoms with E-state index in [0.717, 1.165) is 10.0 Å². The lowest BCUT2D eigenvalue weighted by molar-refractivity contribution is -0.153. The number of nitriles is 1. The number of rotatable bonds is 3. The summed E-state index contributed by atoms with van der Waals surface area (Å²) in [6.45, 7) is 1.05. The first-order chi connectivity index (χ1) is 9.48. The van der Waals surface area contributed by atoms with Crippen molar-refractivity contribution in [2.45, 2.75) is 18.6 Å². The first kappa shape index (κ1) is 14.9. The van der Waals surface area contributed by atoms with Crippen molar-refractivity contribution in [1.29, 1.82) is 5.26 Å². The maximum Gasteiger partial charge on any atom is 0.345 e. The van der Waals surface area contributed by atoms with Crippen LogP contribution in [0.3, 0.4) is 0 Å². The minimum Gasteiger partial charge on any atom is -0.467 e. The molecule has 1 fully saturated rings. The summed E-state index contributed by atoms with van der Waals surface area (Å²) in [6, 6.07) is 7.34. The van der Waals surface area contributed by atoms with Gasteiger partial charge in [0.25, 0.3) is 0 Å². The molecule has 6 heteroatoms. The number of methoxy groups -OCH3 is 1. The number of halogens is 2. The minimum atomic E-state index is -1.91. The fourth-order valence-corrected chi connectivity index (χ4v) is 2.82. The Morgan fingerprint density at radius 1 is 1.65 bits per heavy atom. The molecule has 20 heavy (non-hydrogen) atoms. The van der Waals surface area contributed by atoms with Crippen molar-refractivity contribution >= 4 is 21.9 Å². The van der Waals surface area contributed by atoms with Crippen LogP contribution in [-0.4, -0.2) is 36.7 Å². The molecule has 0 aliphatic carbocycles. The highest BCUT2D eigenvalue weighted by Gasteiger charge is 2.46. The van der Waals surface area contributed by atoms with Crippen LogP contribution >= 0.6 is 15.9 Å². The van der Waals surface area contributed by atoms with Crippen LogP contribution in [0.4, 0.5) is 4.39 Å². The van der Waals surface area contributed by atoms with E-state index in [0.29, 0.717) is 18.7 Å². The number of hydrogen-bond acceptors (Lipinski definition) is 4. The molecule has 2 rings (SSSR count). The molecule has 1 aromatic carbocycles. The van der Waals surface area contributed by atoms with Gasteiger partial charge in [0.15, 0.2) is 0 Å². The van der Waals surface area contributed by atoms with Crippen LogP contribution in [-0.2, 0) is 16.1 Å². The topological polar surface area (TPSA) is 53.3 Å². The van der Waals surface area contributed by atoms with Crippen molar-refractivity contribution in [2.75, 3.05) is 20.2 Å². The van der Waals surface area contributed by atoms with Gasteiger partial charge < -0.3 is 4.74 Å². The maximum absolute atomic E-state index is 14.3. The molecule has 1 atom stereocenters. The molecule has 0 spiro atoms. The Hall–Kier alpha value is -1.45. The first-order valence-corrected chi connectivity index (χ1v) is 6.96. The molecule has 0 amide bonds. The second-order valence-corrected chi connectivity index (χ2v) is 5.69. The summed E-state index contributed by atoms with van der Waals surface area (Å²) in [7, 11) is 1.20. The number of ether oxygens (including phenoxy) is 1. The molecular weight excluding hydrogens is 327 g/mol. The third kappa shape index (κ3) is 3.00. The van der Waals surface area contributed by atoms with E-state index < -0.39 is 11.6 Å². The lowest BCUT2D eigenvalue weighted by atomic mass is 10.1. The largest absolute Gasteiger partial charge is 0.467 e. The first-order valence-electron chi connectivity index (χ1n) is 6.17. The maximum atomic E-state index is 14.3. The number of hydrogen-bond donors (Lipinski definition) is 0. The van der Waals surface area contributed by atoms with Crippen LogP contribution in [0.15, 0.2) is 22.7 Å². The summed E-state index contributed by atoms with van der Waals surface area (Å²) in [5, 5.41) is 8.81. The van der Waals surface area contributed by atoms with Crippen molar-refractivity contribution in [3.8, 4) is 6.07 Å². The van der Waals surface area contributed by atoms with Gasteiger partial charge in [0.1, 0.15) is 0 Å². The Bertz CT molecular complexity index is 573. The van der Waals surface area contributed by atoms with Gasteiger partial charge >= 0.3 is 5.97 Å². The predicted octanol–water partition coefficient (Wildman–Crippen LogP) is 2.41. The van der Waals surface area contributed by atoms with Gasteiger partial charge in [-0.3, -0.25) is 4.90 Å². The monoisotopic (exact) mass is 340 g/mol. The molecule has 1 saturated heterocycles. The summed E-state index contributed by atoms with van der Waals surface area (Å²) in [5.74, 6) is -0.807. The molecule has 106 valence electrons. The van der Waals surface area contributed by atoms with Gasteiger partial charge in [-0.05, 0) is 17.7 Å². The van der Waals surface area contributed by atoms with Crippen LogP contribution in [0.25, 0.3) is 0 Å². The molecule has 0 radical (unpaired) electrons. The Balaban J connectivity index is 2.06. The Labute approximate surface area is 125 Å². The van der Waals surface area contributed by atoms with E-state index in [1.807, 2.05) is 11.0 Å². The average molecular weight is 341 g/mol. The molecule has 1 heterocycles. The summed E-state index contributed by atoms with van der Waals surface area (Å²) in [4.78, 5) is 13.3. The Morgan fingerprint density at radius 2 is 2.40 bits per heavy atom. The Kier molecular flexibility index (Phi) is 4.41. The number of alkyl halides is 1. The number of benzene rings is 1. The Morgan fingerprint density at radius 3 is 3.00 bits per heavy atom. The van der Waals surface area contributed by atoms with Gasteiger partial charge in [0.2, 0.25) is 5.67 Å². The molecule has 4 nitrogen and oxygen atoms in total. The van der Waals surface area contributed by atoms with Crippen molar-refractivity contribution in [2.24, 2.45) is 0 Å². The average Bonchev–Trinajstić information content (AvgIpc) is 2.83. The van der Waals surface area contributed by atoms with Gasteiger partial charge in [-0.1, -0.05) is 22.0 Å². The van der Waals surface area contributed by atoms with E-state index in [-0.39, 0.29) is 13.0 Å². The number of esters is 1. The third-order valence-corrected chi connectivity index (χ3v) is 4.16. The number of carbonyl (C=O) groups excluding carboxylic acids is 1. The van der Waals surface area contributed by atoms with Gasteiger partial charge in [-0.15, -0.1) is 0 Å². The van der Waals surface area contributed by atoms with Crippen LogP contribution in [0, 0.1) is 11.3 Å². The zero-order chi connectivity index (χ0) is 14.8. The fourth-order valence-electron chi connectivity index (χ4n) is 2.32. The van der Waals surface area contributed by atoms with Gasteiger partial charge in [0.05, 0.1) is 18.7 Å². The molecule has 0 saturated carbocycles. The molecule has 1 aliphatic rings. The molecule has 0 aromatic heterocycles. The lowest BCUT2D eigenvalue weighted by Crippen LogP contribution is -2.38. The standard InChI is InChI=1S/C14H14BrFN2O2/c1-20-13(19)14(16)4-5-18(9-14)8-11-3-2-10(7-17)6-12(11)15/h2-3,6H,4-5,8-9H2,1H3/t14-/m1/s1. The van der Waals surface area contributed by atoms with Crippen LogP contribution in [0.5, 0.6) is 0 Å².